The van der Waals surface area contributed by atoms with Crippen molar-refractivity contribution in [3.8, 4) is 5.88 Å². The molecule has 0 radical (unpaired) electrons. The Labute approximate surface area is 184 Å². The Hall–Kier alpha value is -1.78. The van der Waals surface area contributed by atoms with Crippen molar-refractivity contribution in [3.05, 3.63) is 23.9 Å². The maximum absolute atomic E-state index is 12.1. The second-order valence-corrected chi connectivity index (χ2v) is 7.45. The second kappa shape index (κ2) is 11.3. The van der Waals surface area contributed by atoms with Crippen LogP contribution in [0.25, 0.3) is 0 Å². The van der Waals surface area contributed by atoms with E-state index in [-0.39, 0.29) is 30.1 Å². The average molecular weight is 505 g/mol. The number of guanidine groups is 1. The van der Waals surface area contributed by atoms with Crippen molar-refractivity contribution in [2.24, 2.45) is 10.7 Å². The molecule has 0 spiro atoms. The number of nitrogens with two attached hydrogens (primary N) is 1. The number of aromatic nitrogens is 1. The minimum absolute atomic E-state index is 0. The first kappa shape index (κ1) is 24.3. The maximum Gasteiger partial charge on any atom is 0.410 e. The van der Waals surface area contributed by atoms with E-state index in [0.29, 0.717) is 51.2 Å². The smallest absolute Gasteiger partial charge is 0.410 e. The molecule has 2 rings (SSSR count). The van der Waals surface area contributed by atoms with Crippen LogP contribution in [0.5, 0.6) is 5.88 Å². The van der Waals surface area contributed by atoms with Crippen LogP contribution >= 0.6 is 24.0 Å². The van der Waals surface area contributed by atoms with Crippen LogP contribution in [0.4, 0.5) is 4.79 Å². The summed E-state index contributed by atoms with van der Waals surface area (Å²) in [6, 6.07) is 3.80. The largest absolute Gasteiger partial charge is 0.477 e. The molecule has 158 valence electrons. The van der Waals surface area contributed by atoms with Gasteiger partial charge in [-0.15, -0.1) is 24.0 Å². The van der Waals surface area contributed by atoms with E-state index in [0.717, 1.165) is 12.0 Å². The second-order valence-electron chi connectivity index (χ2n) is 7.45. The van der Waals surface area contributed by atoms with Crippen molar-refractivity contribution in [1.29, 1.82) is 0 Å². The van der Waals surface area contributed by atoms with Gasteiger partial charge in [0.05, 0.1) is 13.2 Å². The Morgan fingerprint density at radius 2 is 1.89 bits per heavy atom. The number of aliphatic imine (C=N–C) groups is 1. The first-order chi connectivity index (χ1) is 12.8. The topological polar surface area (TPSA) is 93.3 Å². The van der Waals surface area contributed by atoms with Crippen molar-refractivity contribution >= 4 is 36.0 Å². The zero-order valence-corrected chi connectivity index (χ0v) is 19.5. The summed E-state index contributed by atoms with van der Waals surface area (Å²) >= 11 is 0. The molecule has 9 heteroatoms. The fourth-order valence-corrected chi connectivity index (χ4v) is 2.58. The van der Waals surface area contributed by atoms with Crippen molar-refractivity contribution < 1.29 is 14.3 Å². The van der Waals surface area contributed by atoms with Crippen molar-refractivity contribution in [3.63, 3.8) is 0 Å². The number of hydrogen-bond acceptors (Lipinski definition) is 5. The number of nitrogens with zero attached hydrogens (tertiary/aromatic N) is 4. The molecule has 8 nitrogen and oxygen atoms in total. The Balaban J connectivity index is 0.00000392. The van der Waals surface area contributed by atoms with Crippen molar-refractivity contribution in [1.82, 2.24) is 14.8 Å². The molecule has 0 aliphatic carbocycles. The average Bonchev–Trinajstić information content (AvgIpc) is 2.63. The van der Waals surface area contributed by atoms with Crippen LogP contribution in [-0.4, -0.2) is 65.2 Å². The van der Waals surface area contributed by atoms with Gasteiger partial charge in [-0.1, -0.05) is 13.0 Å². The lowest BCUT2D eigenvalue weighted by atomic mass is 10.2. The monoisotopic (exact) mass is 505 g/mol. The van der Waals surface area contributed by atoms with Gasteiger partial charge in [-0.05, 0) is 33.3 Å². The molecular formula is C19H32IN5O3. The number of hydrogen-bond donors (Lipinski definition) is 1. The minimum Gasteiger partial charge on any atom is -0.477 e. The van der Waals surface area contributed by atoms with E-state index in [4.69, 9.17) is 15.2 Å². The standard InChI is InChI=1S/C19H31N5O3.HI/c1-5-13-26-16-15(7-6-8-21-16)14-22-17(20)23-9-11-24(12-10-23)18(25)27-19(2,3)4;/h6-8H,5,9-14H2,1-4H3,(H2,20,22);1H. The van der Waals surface area contributed by atoms with E-state index in [1.807, 2.05) is 37.8 Å². The SMILES string of the molecule is CCCOc1ncccc1CN=C(N)N1CCN(C(=O)OC(C)(C)C)CC1.I. The molecule has 1 saturated heterocycles. The number of carbonyl (C=O) groups is 1. The van der Waals surface area contributed by atoms with E-state index >= 15 is 0 Å². The van der Waals surface area contributed by atoms with Crippen molar-refractivity contribution in [2.75, 3.05) is 32.8 Å². The molecule has 1 amide bonds. The molecule has 2 N–H and O–H groups in total. The van der Waals surface area contributed by atoms with Crippen LogP contribution in [0.1, 0.15) is 39.7 Å². The van der Waals surface area contributed by atoms with Crippen LogP contribution < -0.4 is 10.5 Å². The highest BCUT2D eigenvalue weighted by molar-refractivity contribution is 14.0. The highest BCUT2D eigenvalue weighted by Gasteiger charge is 2.26. The first-order valence-electron chi connectivity index (χ1n) is 9.39. The Morgan fingerprint density at radius 3 is 2.50 bits per heavy atom. The number of piperazine rings is 1. The van der Waals surface area contributed by atoms with Crippen molar-refractivity contribution in [2.45, 2.75) is 46.3 Å². The first-order valence-corrected chi connectivity index (χ1v) is 9.39. The molecule has 0 atom stereocenters. The third-order valence-corrected chi connectivity index (χ3v) is 3.96. The fourth-order valence-electron chi connectivity index (χ4n) is 2.58. The Kier molecular flexibility index (Phi) is 9.77. The van der Waals surface area contributed by atoms with Gasteiger partial charge in [-0.25, -0.2) is 14.8 Å². The van der Waals surface area contributed by atoms with Gasteiger partial charge < -0.3 is 25.0 Å². The van der Waals surface area contributed by atoms with Gasteiger partial charge in [0.15, 0.2) is 5.96 Å². The molecule has 28 heavy (non-hydrogen) atoms. The minimum atomic E-state index is -0.490. The van der Waals surface area contributed by atoms with E-state index in [9.17, 15) is 4.79 Å². The van der Waals surface area contributed by atoms with Crippen LogP contribution in [0.3, 0.4) is 0 Å². The molecule has 1 aromatic rings. The molecule has 0 bridgehead atoms. The summed E-state index contributed by atoms with van der Waals surface area (Å²) in [6.45, 7) is 11.0. The predicted octanol–water partition coefficient (Wildman–Crippen LogP) is 2.86. The lowest BCUT2D eigenvalue weighted by molar-refractivity contribution is 0.0186. The summed E-state index contributed by atoms with van der Waals surface area (Å²) in [6.07, 6.45) is 2.34. The van der Waals surface area contributed by atoms with Crippen LogP contribution in [-0.2, 0) is 11.3 Å². The van der Waals surface area contributed by atoms with E-state index in [1.165, 1.54) is 0 Å². The molecule has 1 aromatic heterocycles. The van der Waals surface area contributed by atoms with Gasteiger partial charge in [0, 0.05) is 37.9 Å². The highest BCUT2D eigenvalue weighted by atomic mass is 127. The molecule has 1 aliphatic heterocycles. The molecule has 2 heterocycles. The van der Waals surface area contributed by atoms with Gasteiger partial charge in [-0.3, -0.25) is 0 Å². The van der Waals surface area contributed by atoms with Crippen LogP contribution in [0.15, 0.2) is 23.3 Å². The molecule has 1 aliphatic rings. The molecule has 1 fully saturated rings. The summed E-state index contributed by atoms with van der Waals surface area (Å²) in [5.74, 6) is 1.06. The zero-order chi connectivity index (χ0) is 19.9. The predicted molar refractivity (Wildman–Crippen MR) is 120 cm³/mol. The van der Waals surface area contributed by atoms with Gasteiger partial charge in [0.2, 0.25) is 5.88 Å². The summed E-state index contributed by atoms with van der Waals surface area (Å²) in [7, 11) is 0. The number of pyridine rings is 1. The Morgan fingerprint density at radius 1 is 1.25 bits per heavy atom. The third kappa shape index (κ3) is 7.69. The summed E-state index contributed by atoms with van der Waals surface area (Å²) < 4.78 is 11.1. The number of amides is 1. The zero-order valence-electron chi connectivity index (χ0n) is 17.2. The molecule has 0 aromatic carbocycles. The Bertz CT molecular complexity index is 655. The highest BCUT2D eigenvalue weighted by Crippen LogP contribution is 2.16. The number of halogens is 1. The summed E-state index contributed by atoms with van der Waals surface area (Å²) in [5.41, 5.74) is 6.56. The number of ether oxygens (including phenoxy) is 2. The van der Waals surface area contributed by atoms with Crippen LogP contribution in [0, 0.1) is 0 Å². The summed E-state index contributed by atoms with van der Waals surface area (Å²) in [4.78, 5) is 24.5. The fraction of sp³-hybridized carbons (Fsp3) is 0.632. The summed E-state index contributed by atoms with van der Waals surface area (Å²) in [5, 5.41) is 0. The van der Waals surface area contributed by atoms with Gasteiger partial charge in [0.25, 0.3) is 0 Å². The third-order valence-electron chi connectivity index (χ3n) is 3.96. The molecule has 0 unspecified atom stereocenters. The normalized spacial score (nSPS) is 15.1. The maximum atomic E-state index is 12.1. The number of carbonyl (C=O) groups excluding carboxylic acids is 1. The van der Waals surface area contributed by atoms with Gasteiger partial charge in [-0.2, -0.15) is 0 Å². The lowest BCUT2D eigenvalue weighted by Gasteiger charge is -2.36. The van der Waals surface area contributed by atoms with E-state index in [1.54, 1.807) is 11.1 Å². The van der Waals surface area contributed by atoms with Gasteiger partial charge >= 0.3 is 6.09 Å². The van der Waals surface area contributed by atoms with Gasteiger partial charge in [0.1, 0.15) is 5.60 Å². The molecular weight excluding hydrogens is 473 g/mol. The van der Waals surface area contributed by atoms with Crippen LogP contribution in [0.2, 0.25) is 0 Å². The quantitative estimate of drug-likeness (QED) is 0.376. The molecule has 0 saturated carbocycles. The lowest BCUT2D eigenvalue weighted by Crippen LogP contribution is -2.53. The number of rotatable bonds is 5. The van der Waals surface area contributed by atoms with E-state index in [2.05, 4.69) is 16.9 Å². The van der Waals surface area contributed by atoms with E-state index < -0.39 is 5.60 Å².